The van der Waals surface area contributed by atoms with Crippen molar-refractivity contribution in [3.8, 4) is 0 Å². The van der Waals surface area contributed by atoms with Crippen LogP contribution in [0.1, 0.15) is 24.2 Å². The molecule has 0 aliphatic heterocycles. The minimum Gasteiger partial charge on any atom is -0.462 e. The summed E-state index contributed by atoms with van der Waals surface area (Å²) in [6, 6.07) is 2.39. The summed E-state index contributed by atoms with van der Waals surface area (Å²) in [5.74, 6) is -1.16. The zero-order valence-corrected chi connectivity index (χ0v) is 12.6. The number of rotatable bonds is 6. The highest BCUT2D eigenvalue weighted by molar-refractivity contribution is 7.84. The number of nitrogens with one attached hydrogen (secondary N) is 1. The number of hydrogen-bond donors (Lipinski definition) is 2. The van der Waals surface area contributed by atoms with Crippen LogP contribution in [-0.4, -0.2) is 34.8 Å². The molecule has 0 radical (unpaired) electrons. The van der Waals surface area contributed by atoms with Crippen LogP contribution in [0.15, 0.2) is 12.1 Å². The number of anilines is 2. The lowest BCUT2D eigenvalue weighted by Gasteiger charge is -2.14. The van der Waals surface area contributed by atoms with Crippen molar-refractivity contribution in [1.29, 1.82) is 0 Å². The average Bonchev–Trinajstić information content (AvgIpc) is 2.37. The fourth-order valence-corrected chi connectivity index (χ4v) is 1.80. The molecule has 0 bridgehead atoms. The van der Waals surface area contributed by atoms with E-state index in [2.05, 4.69) is 5.32 Å². The molecule has 1 aromatic rings. The lowest BCUT2D eigenvalue weighted by atomic mass is 10.1. The summed E-state index contributed by atoms with van der Waals surface area (Å²) < 4.78 is 29.9. The van der Waals surface area contributed by atoms with Gasteiger partial charge < -0.3 is 15.8 Å². The number of hydrogen-bond acceptors (Lipinski definition) is 5. The number of nitrogens with two attached hydrogens (primary N) is 1. The first kappa shape index (κ1) is 16.4. The Bertz CT molecular complexity index is 523. The molecule has 7 heteroatoms. The minimum atomic E-state index is -1.01. The van der Waals surface area contributed by atoms with Crippen molar-refractivity contribution < 1.29 is 18.1 Å². The van der Waals surface area contributed by atoms with Gasteiger partial charge in [0, 0.05) is 34.5 Å². The quantitative estimate of drug-likeness (QED) is 0.618. The Morgan fingerprint density at radius 2 is 2.20 bits per heavy atom. The fourth-order valence-electron chi connectivity index (χ4n) is 1.48. The van der Waals surface area contributed by atoms with Crippen LogP contribution in [0.4, 0.5) is 15.8 Å². The van der Waals surface area contributed by atoms with Gasteiger partial charge in [-0.3, -0.25) is 4.21 Å². The maximum absolute atomic E-state index is 13.8. The monoisotopic (exact) mass is 302 g/mol. The van der Waals surface area contributed by atoms with E-state index in [0.717, 1.165) is 6.07 Å². The van der Waals surface area contributed by atoms with Crippen LogP contribution in [-0.2, 0) is 15.5 Å². The van der Waals surface area contributed by atoms with E-state index in [1.54, 1.807) is 20.1 Å². The Morgan fingerprint density at radius 1 is 1.55 bits per heavy atom. The van der Waals surface area contributed by atoms with E-state index in [0.29, 0.717) is 6.54 Å². The van der Waals surface area contributed by atoms with E-state index < -0.39 is 22.6 Å². The molecule has 0 aliphatic carbocycles. The molecule has 5 nitrogen and oxygen atoms in total. The number of esters is 1. The fraction of sp³-hybridized carbons (Fsp3) is 0.462. The van der Waals surface area contributed by atoms with Gasteiger partial charge in [0.1, 0.15) is 5.82 Å². The van der Waals surface area contributed by atoms with E-state index in [4.69, 9.17) is 10.5 Å². The third kappa shape index (κ3) is 4.19. The van der Waals surface area contributed by atoms with E-state index in [1.807, 2.05) is 0 Å². The van der Waals surface area contributed by atoms with Crippen LogP contribution in [0.2, 0.25) is 0 Å². The number of carbonyl (C=O) groups excluding carboxylic acids is 1. The zero-order chi connectivity index (χ0) is 15.3. The lowest BCUT2D eigenvalue weighted by Crippen LogP contribution is -2.21. The van der Waals surface area contributed by atoms with E-state index in [9.17, 15) is 13.4 Å². The highest BCUT2D eigenvalue weighted by Gasteiger charge is 2.16. The van der Waals surface area contributed by atoms with Gasteiger partial charge in [0.2, 0.25) is 0 Å². The second-order valence-corrected chi connectivity index (χ2v) is 6.13. The zero-order valence-electron chi connectivity index (χ0n) is 11.7. The van der Waals surface area contributed by atoms with Gasteiger partial charge in [-0.25, -0.2) is 9.18 Å². The molecule has 0 fully saturated rings. The van der Waals surface area contributed by atoms with Gasteiger partial charge in [-0.15, -0.1) is 0 Å². The summed E-state index contributed by atoms with van der Waals surface area (Å²) >= 11 is 0. The van der Waals surface area contributed by atoms with Gasteiger partial charge in [0.05, 0.1) is 17.9 Å². The SMILES string of the molecule is CCOC(=O)c1cc(NCC(C)S(C)=O)c(F)cc1N. The van der Waals surface area contributed by atoms with Gasteiger partial charge in [-0.2, -0.15) is 0 Å². The smallest absolute Gasteiger partial charge is 0.340 e. The van der Waals surface area contributed by atoms with Crippen LogP contribution < -0.4 is 11.1 Å². The molecule has 1 aromatic carbocycles. The van der Waals surface area contributed by atoms with Crippen molar-refractivity contribution in [3.63, 3.8) is 0 Å². The van der Waals surface area contributed by atoms with Crippen molar-refractivity contribution in [3.05, 3.63) is 23.5 Å². The van der Waals surface area contributed by atoms with E-state index in [-0.39, 0.29) is 28.8 Å². The first-order valence-corrected chi connectivity index (χ1v) is 7.81. The molecule has 2 unspecified atom stereocenters. The summed E-state index contributed by atoms with van der Waals surface area (Å²) in [6.45, 7) is 4.00. The van der Waals surface area contributed by atoms with Crippen molar-refractivity contribution in [2.24, 2.45) is 0 Å². The van der Waals surface area contributed by atoms with Crippen molar-refractivity contribution >= 4 is 28.1 Å². The number of carbonyl (C=O) groups is 1. The molecule has 20 heavy (non-hydrogen) atoms. The second kappa shape index (κ2) is 7.23. The summed E-state index contributed by atoms with van der Waals surface area (Å²) in [5.41, 5.74) is 5.89. The highest BCUT2D eigenvalue weighted by atomic mass is 32.2. The number of ether oxygens (including phenoxy) is 1. The molecule has 1 rings (SSSR count). The van der Waals surface area contributed by atoms with E-state index >= 15 is 0 Å². The molecule has 0 heterocycles. The third-order valence-electron chi connectivity index (χ3n) is 2.78. The molecule has 3 N–H and O–H groups in total. The maximum atomic E-state index is 13.8. The summed E-state index contributed by atoms with van der Waals surface area (Å²) in [7, 11) is -1.01. The Labute approximate surface area is 120 Å². The Hall–Kier alpha value is -1.63. The van der Waals surface area contributed by atoms with Gasteiger partial charge >= 0.3 is 5.97 Å². The standard InChI is InChI=1S/C13H19FN2O3S/c1-4-19-13(17)9-5-12(10(14)6-11(9)15)16-7-8(2)20(3)18/h5-6,8,16H,4,7,15H2,1-3H3. The minimum absolute atomic E-state index is 0.0265. The molecular weight excluding hydrogens is 283 g/mol. The van der Waals surface area contributed by atoms with Crippen LogP contribution in [0.25, 0.3) is 0 Å². The molecule has 0 saturated heterocycles. The van der Waals surface area contributed by atoms with E-state index in [1.165, 1.54) is 6.07 Å². The summed E-state index contributed by atoms with van der Waals surface area (Å²) in [4.78, 5) is 11.7. The molecule has 112 valence electrons. The van der Waals surface area contributed by atoms with Crippen LogP contribution in [0.3, 0.4) is 0 Å². The molecule has 2 atom stereocenters. The molecule has 0 spiro atoms. The van der Waals surface area contributed by atoms with Crippen molar-refractivity contribution in [2.45, 2.75) is 19.1 Å². The Morgan fingerprint density at radius 3 is 2.75 bits per heavy atom. The van der Waals surface area contributed by atoms with Crippen LogP contribution in [0, 0.1) is 5.82 Å². The largest absolute Gasteiger partial charge is 0.462 e. The molecule has 0 aromatic heterocycles. The van der Waals surface area contributed by atoms with Crippen LogP contribution in [0.5, 0.6) is 0 Å². The van der Waals surface area contributed by atoms with Gasteiger partial charge in [0.25, 0.3) is 0 Å². The normalized spacial score (nSPS) is 13.6. The predicted molar refractivity (Wildman–Crippen MR) is 78.8 cm³/mol. The first-order valence-electron chi connectivity index (χ1n) is 6.19. The summed E-state index contributed by atoms with van der Waals surface area (Å²) in [6.07, 6.45) is 1.58. The van der Waals surface area contributed by atoms with Crippen LogP contribution >= 0.6 is 0 Å². The predicted octanol–water partition coefficient (Wildman–Crippen LogP) is 1.76. The Balaban J connectivity index is 2.94. The van der Waals surface area contributed by atoms with Crippen molar-refractivity contribution in [1.82, 2.24) is 0 Å². The number of halogens is 1. The summed E-state index contributed by atoms with van der Waals surface area (Å²) in [5, 5.41) is 2.69. The van der Waals surface area contributed by atoms with Gasteiger partial charge in [-0.05, 0) is 26.0 Å². The molecule has 0 aliphatic rings. The maximum Gasteiger partial charge on any atom is 0.340 e. The first-order chi connectivity index (χ1) is 9.36. The topological polar surface area (TPSA) is 81.4 Å². The number of benzene rings is 1. The highest BCUT2D eigenvalue weighted by Crippen LogP contribution is 2.23. The number of nitrogen functional groups attached to an aromatic ring is 1. The molecule has 0 amide bonds. The molecule has 0 saturated carbocycles. The van der Waals surface area contributed by atoms with Gasteiger partial charge in [0.15, 0.2) is 0 Å². The van der Waals surface area contributed by atoms with Crippen molar-refractivity contribution in [2.75, 3.05) is 30.5 Å². The lowest BCUT2D eigenvalue weighted by molar-refractivity contribution is 0.0527. The second-order valence-electron chi connectivity index (χ2n) is 4.33. The average molecular weight is 302 g/mol. The van der Waals surface area contributed by atoms with Gasteiger partial charge in [-0.1, -0.05) is 0 Å². The Kier molecular flexibility index (Phi) is 5.94. The molecular formula is C13H19FN2O3S. The third-order valence-corrected chi connectivity index (χ3v) is 4.08.